The van der Waals surface area contributed by atoms with Gasteiger partial charge in [-0.25, -0.2) is 4.39 Å². The van der Waals surface area contributed by atoms with E-state index in [0.29, 0.717) is 22.1 Å². The molecule has 2 aromatic carbocycles. The molecule has 5 heteroatoms. The van der Waals surface area contributed by atoms with Crippen LogP contribution < -0.4 is 0 Å². The smallest absolute Gasteiger partial charge is 0.124 e. The number of hydrogen-bond acceptors (Lipinski definition) is 0. The third-order valence-corrected chi connectivity index (χ3v) is 6.33. The molecular weight excluding hydrogens is 442 g/mol. The summed E-state index contributed by atoms with van der Waals surface area (Å²) in [5.41, 5.74) is 1.69. The Bertz CT molecular complexity index is 627. The van der Waals surface area contributed by atoms with Crippen molar-refractivity contribution in [1.82, 2.24) is 0 Å². The minimum absolute atomic E-state index is 0.250. The van der Waals surface area contributed by atoms with Gasteiger partial charge in [0.25, 0.3) is 0 Å². The average molecular weight is 455 g/mol. The van der Waals surface area contributed by atoms with Gasteiger partial charge in [-0.1, -0.05) is 79.3 Å². The maximum atomic E-state index is 13.2. The Morgan fingerprint density at radius 1 is 0.952 bits per heavy atom. The first-order chi connectivity index (χ1) is 10.0. The van der Waals surface area contributed by atoms with Gasteiger partial charge in [0.1, 0.15) is 5.82 Å². The minimum atomic E-state index is -0.329. The van der Waals surface area contributed by atoms with E-state index in [1.807, 2.05) is 24.3 Å². The van der Waals surface area contributed by atoms with E-state index in [0.717, 1.165) is 16.1 Å². The van der Waals surface area contributed by atoms with Gasteiger partial charge in [0.05, 0.1) is 0 Å². The Morgan fingerprint density at radius 2 is 1.62 bits per heavy atom. The van der Waals surface area contributed by atoms with Gasteiger partial charge in [0.15, 0.2) is 0 Å². The van der Waals surface area contributed by atoms with Gasteiger partial charge in [-0.3, -0.25) is 0 Å². The van der Waals surface area contributed by atoms with Gasteiger partial charge < -0.3 is 0 Å². The first-order valence-electron chi connectivity index (χ1n) is 6.33. The van der Waals surface area contributed by atoms with Gasteiger partial charge in [-0.05, 0) is 35.7 Å². The van der Waals surface area contributed by atoms with Crippen molar-refractivity contribution in [2.75, 3.05) is 10.7 Å². The summed E-state index contributed by atoms with van der Waals surface area (Å²) in [7, 11) is 0. The molecule has 0 spiro atoms. The van der Waals surface area contributed by atoms with E-state index in [1.54, 1.807) is 6.07 Å². The summed E-state index contributed by atoms with van der Waals surface area (Å²) in [4.78, 5) is 0. The Hall–Kier alpha value is -0.0900. The molecule has 0 amide bonds. The molecule has 21 heavy (non-hydrogen) atoms. The van der Waals surface area contributed by atoms with E-state index in [9.17, 15) is 4.39 Å². The molecule has 0 aliphatic rings. The predicted molar refractivity (Wildman–Crippen MR) is 95.8 cm³/mol. The van der Waals surface area contributed by atoms with Crippen LogP contribution in [0.1, 0.15) is 11.1 Å². The van der Waals surface area contributed by atoms with Crippen molar-refractivity contribution < 1.29 is 4.39 Å². The molecular formula is C16H13Br2Cl2F. The number of rotatable bonds is 5. The van der Waals surface area contributed by atoms with Crippen LogP contribution in [0.15, 0.2) is 42.5 Å². The number of benzene rings is 2. The van der Waals surface area contributed by atoms with Crippen LogP contribution in [0.25, 0.3) is 0 Å². The highest BCUT2D eigenvalue weighted by Crippen LogP contribution is 2.38. The lowest BCUT2D eigenvalue weighted by Crippen LogP contribution is -2.33. The molecule has 0 nitrogen and oxygen atoms in total. The summed E-state index contributed by atoms with van der Waals surface area (Å²) < 4.78 is 13.2. The highest BCUT2D eigenvalue weighted by molar-refractivity contribution is 9.09. The third-order valence-electron chi connectivity index (χ3n) is 3.50. The van der Waals surface area contributed by atoms with Gasteiger partial charge in [-0.15, -0.1) is 0 Å². The van der Waals surface area contributed by atoms with Crippen molar-refractivity contribution in [2.24, 2.45) is 0 Å². The molecule has 0 aliphatic heterocycles. The molecule has 0 saturated carbocycles. The van der Waals surface area contributed by atoms with E-state index < -0.39 is 0 Å². The number of alkyl halides is 2. The fourth-order valence-corrected chi connectivity index (χ4v) is 4.79. The van der Waals surface area contributed by atoms with Crippen LogP contribution in [-0.4, -0.2) is 10.7 Å². The van der Waals surface area contributed by atoms with Crippen molar-refractivity contribution in [2.45, 2.75) is 11.8 Å². The summed E-state index contributed by atoms with van der Waals surface area (Å²) in [6.45, 7) is 0. The monoisotopic (exact) mass is 452 g/mol. The Labute approximate surface area is 150 Å². The molecule has 0 radical (unpaired) electrons. The zero-order chi connectivity index (χ0) is 15.5. The lowest BCUT2D eigenvalue weighted by atomic mass is 9.79. The van der Waals surface area contributed by atoms with E-state index >= 15 is 0 Å². The SMILES string of the molecule is Fc1ccc(CC(CBr)(CBr)c2ccccc2Cl)c(Cl)c1. The van der Waals surface area contributed by atoms with Crippen molar-refractivity contribution in [1.29, 1.82) is 0 Å². The summed E-state index contributed by atoms with van der Waals surface area (Å²) in [5, 5.41) is 2.58. The maximum Gasteiger partial charge on any atom is 0.124 e. The average Bonchev–Trinajstić information content (AvgIpc) is 2.48. The van der Waals surface area contributed by atoms with Crippen LogP contribution in [0.3, 0.4) is 0 Å². The molecule has 0 heterocycles. The zero-order valence-corrected chi connectivity index (χ0v) is 15.7. The Balaban J connectivity index is 2.46. The third kappa shape index (κ3) is 3.82. The maximum absolute atomic E-state index is 13.2. The van der Waals surface area contributed by atoms with Crippen molar-refractivity contribution in [3.63, 3.8) is 0 Å². The molecule has 0 atom stereocenters. The van der Waals surface area contributed by atoms with Gasteiger partial charge in [0, 0.05) is 26.1 Å². The molecule has 0 saturated heterocycles. The normalized spacial score (nSPS) is 11.7. The first kappa shape index (κ1) is 17.3. The lowest BCUT2D eigenvalue weighted by molar-refractivity contribution is 0.550. The molecule has 2 rings (SSSR count). The Morgan fingerprint density at radius 3 is 2.19 bits per heavy atom. The summed E-state index contributed by atoms with van der Waals surface area (Å²) in [6, 6.07) is 12.3. The summed E-state index contributed by atoms with van der Waals surface area (Å²) in [5.74, 6) is -0.329. The lowest BCUT2D eigenvalue weighted by Gasteiger charge is -2.32. The number of hydrogen-bond donors (Lipinski definition) is 0. The second-order valence-electron chi connectivity index (χ2n) is 4.94. The van der Waals surface area contributed by atoms with E-state index in [2.05, 4.69) is 31.9 Å². The molecule has 0 bridgehead atoms. The minimum Gasteiger partial charge on any atom is -0.207 e. The van der Waals surface area contributed by atoms with Crippen LogP contribution in [0.2, 0.25) is 10.0 Å². The Kier molecular flexibility index (Phi) is 6.13. The highest BCUT2D eigenvalue weighted by Gasteiger charge is 2.33. The van der Waals surface area contributed by atoms with Crippen molar-refractivity contribution in [3.05, 3.63) is 69.5 Å². The topological polar surface area (TPSA) is 0 Å². The highest BCUT2D eigenvalue weighted by atomic mass is 79.9. The molecule has 0 aliphatic carbocycles. The molecule has 0 N–H and O–H groups in total. The second-order valence-corrected chi connectivity index (χ2v) is 6.88. The molecule has 0 fully saturated rings. The van der Waals surface area contributed by atoms with Crippen LogP contribution in [0.4, 0.5) is 4.39 Å². The summed E-state index contributed by atoms with van der Waals surface area (Å²) in [6.07, 6.45) is 0.659. The van der Waals surface area contributed by atoms with Gasteiger partial charge >= 0.3 is 0 Å². The molecule has 2 aromatic rings. The summed E-state index contributed by atoms with van der Waals surface area (Å²) >= 11 is 19.7. The van der Waals surface area contributed by atoms with Crippen LogP contribution >= 0.6 is 55.1 Å². The van der Waals surface area contributed by atoms with Crippen LogP contribution in [-0.2, 0) is 11.8 Å². The zero-order valence-electron chi connectivity index (χ0n) is 11.1. The van der Waals surface area contributed by atoms with E-state index in [4.69, 9.17) is 23.2 Å². The fourth-order valence-electron chi connectivity index (χ4n) is 2.29. The quantitative estimate of drug-likeness (QED) is 0.458. The fraction of sp³-hybridized carbons (Fsp3) is 0.250. The van der Waals surface area contributed by atoms with Crippen molar-refractivity contribution >= 4 is 55.1 Å². The predicted octanol–water partition coefficient (Wildman–Crippen LogP) is 6.40. The van der Waals surface area contributed by atoms with E-state index in [-0.39, 0.29) is 11.2 Å². The largest absolute Gasteiger partial charge is 0.207 e. The first-order valence-corrected chi connectivity index (χ1v) is 9.33. The van der Waals surface area contributed by atoms with Gasteiger partial charge in [-0.2, -0.15) is 0 Å². The van der Waals surface area contributed by atoms with E-state index in [1.165, 1.54) is 12.1 Å². The molecule has 112 valence electrons. The standard InChI is InChI=1S/C16H13Br2Cl2F/c17-9-16(10-18,13-3-1-2-4-14(13)19)8-11-5-6-12(21)7-15(11)20/h1-7H,8-10H2. The van der Waals surface area contributed by atoms with Crippen LogP contribution in [0.5, 0.6) is 0 Å². The number of halogens is 5. The van der Waals surface area contributed by atoms with Gasteiger partial charge in [0.2, 0.25) is 0 Å². The van der Waals surface area contributed by atoms with Crippen molar-refractivity contribution in [3.8, 4) is 0 Å². The second kappa shape index (κ2) is 7.45. The van der Waals surface area contributed by atoms with Crippen LogP contribution in [0, 0.1) is 5.82 Å². The molecule has 0 unspecified atom stereocenters. The molecule has 0 aromatic heterocycles.